The van der Waals surface area contributed by atoms with Gasteiger partial charge in [-0.3, -0.25) is 4.90 Å². The molecular formula is C23H25FN4. The summed E-state index contributed by atoms with van der Waals surface area (Å²) in [6.45, 7) is 4.01. The van der Waals surface area contributed by atoms with Crippen LogP contribution in [0.15, 0.2) is 54.6 Å². The Labute approximate surface area is 165 Å². The lowest BCUT2D eigenvalue weighted by Gasteiger charge is -2.32. The molecule has 0 spiro atoms. The van der Waals surface area contributed by atoms with E-state index in [2.05, 4.69) is 40.5 Å². The van der Waals surface area contributed by atoms with E-state index in [0.29, 0.717) is 11.6 Å². The smallest absolute Gasteiger partial charge is 0.148 e. The zero-order valence-electron chi connectivity index (χ0n) is 15.9. The van der Waals surface area contributed by atoms with Crippen LogP contribution in [0.4, 0.5) is 10.2 Å². The Kier molecular flexibility index (Phi) is 4.61. The summed E-state index contributed by atoms with van der Waals surface area (Å²) in [4.78, 5) is 2.53. The molecule has 3 heterocycles. The fourth-order valence-corrected chi connectivity index (χ4v) is 4.59. The molecule has 2 aliphatic heterocycles. The van der Waals surface area contributed by atoms with E-state index in [9.17, 15) is 4.39 Å². The number of anilines is 1. The van der Waals surface area contributed by atoms with Crippen molar-refractivity contribution < 1.29 is 4.39 Å². The third kappa shape index (κ3) is 3.20. The first-order valence-corrected chi connectivity index (χ1v) is 10.2. The molecule has 5 rings (SSSR count). The van der Waals surface area contributed by atoms with Gasteiger partial charge in [0.1, 0.15) is 17.3 Å². The zero-order chi connectivity index (χ0) is 18.9. The Bertz CT molecular complexity index is 966. The molecule has 4 nitrogen and oxygen atoms in total. The molecule has 28 heavy (non-hydrogen) atoms. The molecule has 5 heteroatoms. The van der Waals surface area contributed by atoms with Crippen LogP contribution in [0, 0.1) is 5.82 Å². The number of nitrogens with one attached hydrogen (secondary N) is 1. The molecule has 1 fully saturated rings. The second-order valence-corrected chi connectivity index (χ2v) is 7.81. The molecule has 1 atom stereocenters. The zero-order valence-corrected chi connectivity index (χ0v) is 15.9. The normalized spacial score (nSPS) is 19.4. The SMILES string of the molecule is Fc1ccccc1-n1nc(C2CCCN(Cc3ccccc3)C2)c2c1NCC2. The summed E-state index contributed by atoms with van der Waals surface area (Å²) >= 11 is 0. The largest absolute Gasteiger partial charge is 0.369 e. The number of benzene rings is 2. The number of piperidine rings is 1. The van der Waals surface area contributed by atoms with Crippen molar-refractivity contribution in [2.45, 2.75) is 31.7 Å². The standard InChI is InChI=1S/C23H25FN4/c24-20-10-4-5-11-21(20)28-23-19(12-13-25-23)22(26-28)18-9-6-14-27(16-18)15-17-7-2-1-3-8-17/h1-5,7-8,10-11,18,25H,6,9,12-16H2. The lowest BCUT2D eigenvalue weighted by molar-refractivity contribution is 0.198. The van der Waals surface area contributed by atoms with Crippen LogP contribution in [-0.2, 0) is 13.0 Å². The number of rotatable bonds is 4. The maximum Gasteiger partial charge on any atom is 0.148 e. The molecule has 0 saturated carbocycles. The highest BCUT2D eigenvalue weighted by Gasteiger charge is 2.31. The van der Waals surface area contributed by atoms with Gasteiger partial charge in [-0.05, 0) is 43.5 Å². The molecule has 1 unspecified atom stereocenters. The van der Waals surface area contributed by atoms with Gasteiger partial charge in [-0.15, -0.1) is 0 Å². The van der Waals surface area contributed by atoms with Crippen molar-refractivity contribution in [2.24, 2.45) is 0 Å². The Morgan fingerprint density at radius 3 is 2.75 bits per heavy atom. The molecular weight excluding hydrogens is 351 g/mol. The summed E-state index contributed by atoms with van der Waals surface area (Å²) in [5, 5.41) is 8.34. The topological polar surface area (TPSA) is 33.1 Å². The summed E-state index contributed by atoms with van der Waals surface area (Å²) < 4.78 is 16.2. The molecule has 144 valence electrons. The van der Waals surface area contributed by atoms with Crippen LogP contribution in [0.3, 0.4) is 0 Å². The Morgan fingerprint density at radius 1 is 1.07 bits per heavy atom. The highest BCUT2D eigenvalue weighted by molar-refractivity contribution is 5.58. The summed E-state index contributed by atoms with van der Waals surface area (Å²) in [6, 6.07) is 17.5. The molecule has 1 saturated heterocycles. The third-order valence-electron chi connectivity index (χ3n) is 5.90. The van der Waals surface area contributed by atoms with Crippen LogP contribution in [0.5, 0.6) is 0 Å². The second-order valence-electron chi connectivity index (χ2n) is 7.81. The van der Waals surface area contributed by atoms with Gasteiger partial charge in [-0.1, -0.05) is 42.5 Å². The van der Waals surface area contributed by atoms with Crippen LogP contribution < -0.4 is 5.32 Å². The van der Waals surface area contributed by atoms with Gasteiger partial charge in [0.15, 0.2) is 0 Å². The molecule has 1 aromatic heterocycles. The number of fused-ring (bicyclic) bond motifs is 1. The van der Waals surface area contributed by atoms with Crippen molar-refractivity contribution in [1.82, 2.24) is 14.7 Å². The van der Waals surface area contributed by atoms with E-state index in [4.69, 9.17) is 5.10 Å². The molecule has 2 aromatic carbocycles. The van der Waals surface area contributed by atoms with Crippen LogP contribution in [0.2, 0.25) is 0 Å². The first-order chi connectivity index (χ1) is 13.8. The summed E-state index contributed by atoms with van der Waals surface area (Å²) in [5.41, 5.74) is 4.30. The summed E-state index contributed by atoms with van der Waals surface area (Å²) in [6.07, 6.45) is 3.28. The third-order valence-corrected chi connectivity index (χ3v) is 5.90. The van der Waals surface area contributed by atoms with Crippen molar-refractivity contribution in [2.75, 3.05) is 25.0 Å². The lowest BCUT2D eigenvalue weighted by Crippen LogP contribution is -2.34. The van der Waals surface area contributed by atoms with Gasteiger partial charge in [0.25, 0.3) is 0 Å². The number of nitrogens with zero attached hydrogens (tertiary/aromatic N) is 3. The Morgan fingerprint density at radius 2 is 1.89 bits per heavy atom. The average molecular weight is 376 g/mol. The van der Waals surface area contributed by atoms with Crippen molar-refractivity contribution in [1.29, 1.82) is 0 Å². The van der Waals surface area contributed by atoms with Crippen molar-refractivity contribution in [3.63, 3.8) is 0 Å². The molecule has 0 aliphatic carbocycles. The van der Waals surface area contributed by atoms with Crippen molar-refractivity contribution in [3.05, 3.63) is 77.2 Å². The fourth-order valence-electron chi connectivity index (χ4n) is 4.59. The number of para-hydroxylation sites is 1. The monoisotopic (exact) mass is 376 g/mol. The predicted octanol–water partition coefficient (Wildman–Crippen LogP) is 4.36. The first-order valence-electron chi connectivity index (χ1n) is 10.2. The minimum Gasteiger partial charge on any atom is -0.369 e. The minimum atomic E-state index is -0.234. The first kappa shape index (κ1) is 17.4. The molecule has 1 N–H and O–H groups in total. The van der Waals surface area contributed by atoms with Gasteiger partial charge in [-0.25, -0.2) is 9.07 Å². The van der Waals surface area contributed by atoms with Crippen LogP contribution in [0.25, 0.3) is 5.69 Å². The van der Waals surface area contributed by atoms with E-state index in [1.165, 1.54) is 23.6 Å². The maximum absolute atomic E-state index is 14.4. The van der Waals surface area contributed by atoms with E-state index in [-0.39, 0.29) is 5.82 Å². The number of hydrogen-bond acceptors (Lipinski definition) is 3. The lowest BCUT2D eigenvalue weighted by atomic mass is 9.91. The second kappa shape index (κ2) is 7.40. The van der Waals surface area contributed by atoms with Crippen LogP contribution in [-0.4, -0.2) is 34.3 Å². The van der Waals surface area contributed by atoms with Gasteiger partial charge >= 0.3 is 0 Å². The van der Waals surface area contributed by atoms with E-state index in [1.54, 1.807) is 16.8 Å². The van der Waals surface area contributed by atoms with E-state index in [1.807, 2.05) is 6.07 Å². The van der Waals surface area contributed by atoms with Gasteiger partial charge in [0, 0.05) is 31.1 Å². The molecule has 0 bridgehead atoms. The quantitative estimate of drug-likeness (QED) is 0.734. The molecule has 3 aromatic rings. The average Bonchev–Trinajstić information content (AvgIpc) is 3.32. The number of hydrogen-bond donors (Lipinski definition) is 1. The number of likely N-dealkylation sites (tertiary alicyclic amines) is 1. The van der Waals surface area contributed by atoms with E-state index < -0.39 is 0 Å². The van der Waals surface area contributed by atoms with E-state index >= 15 is 0 Å². The Hall–Kier alpha value is -2.66. The minimum absolute atomic E-state index is 0.234. The van der Waals surface area contributed by atoms with Gasteiger partial charge in [0.2, 0.25) is 0 Å². The number of halogens is 1. The number of aromatic nitrogens is 2. The van der Waals surface area contributed by atoms with Gasteiger partial charge < -0.3 is 5.32 Å². The highest BCUT2D eigenvalue weighted by atomic mass is 19.1. The van der Waals surface area contributed by atoms with Gasteiger partial charge in [0.05, 0.1) is 5.69 Å². The summed E-state index contributed by atoms with van der Waals surface area (Å²) in [5.74, 6) is 1.14. The molecule has 0 amide bonds. The predicted molar refractivity (Wildman–Crippen MR) is 109 cm³/mol. The fraction of sp³-hybridized carbons (Fsp3) is 0.348. The highest BCUT2D eigenvalue weighted by Crippen LogP contribution is 2.36. The Balaban J connectivity index is 1.43. The summed E-state index contributed by atoms with van der Waals surface area (Å²) in [7, 11) is 0. The van der Waals surface area contributed by atoms with Crippen LogP contribution >= 0.6 is 0 Å². The van der Waals surface area contributed by atoms with Crippen LogP contribution in [0.1, 0.15) is 35.6 Å². The van der Waals surface area contributed by atoms with E-state index in [0.717, 1.165) is 50.5 Å². The van der Waals surface area contributed by atoms with Gasteiger partial charge in [-0.2, -0.15) is 5.10 Å². The van der Waals surface area contributed by atoms with Crippen molar-refractivity contribution >= 4 is 5.82 Å². The molecule has 0 radical (unpaired) electrons. The van der Waals surface area contributed by atoms with Crippen molar-refractivity contribution in [3.8, 4) is 5.69 Å². The molecule has 2 aliphatic rings. The maximum atomic E-state index is 14.4.